The van der Waals surface area contributed by atoms with Gasteiger partial charge in [0.25, 0.3) is 0 Å². The van der Waals surface area contributed by atoms with Gasteiger partial charge in [-0.15, -0.1) is 0 Å². The van der Waals surface area contributed by atoms with Crippen LogP contribution in [0.4, 0.5) is 0 Å². The molecule has 1 aromatic rings. The summed E-state index contributed by atoms with van der Waals surface area (Å²) in [6.45, 7) is 2.01. The van der Waals surface area contributed by atoms with Crippen LogP contribution in [0.15, 0.2) is 41.7 Å². The molecule has 0 aliphatic rings. The van der Waals surface area contributed by atoms with Crippen molar-refractivity contribution in [2.75, 3.05) is 21.3 Å². The van der Waals surface area contributed by atoms with E-state index in [0.29, 0.717) is 0 Å². The van der Waals surface area contributed by atoms with Crippen molar-refractivity contribution in [3.8, 4) is 5.75 Å². The Labute approximate surface area is 119 Å². The van der Waals surface area contributed by atoms with Gasteiger partial charge in [-0.05, 0) is 35.8 Å². The second-order valence-corrected chi connectivity index (χ2v) is 4.05. The van der Waals surface area contributed by atoms with Crippen LogP contribution >= 0.6 is 0 Å². The Morgan fingerprint density at radius 3 is 2.20 bits per heavy atom. The Morgan fingerprint density at radius 1 is 1.10 bits per heavy atom. The van der Waals surface area contributed by atoms with E-state index in [1.54, 1.807) is 13.2 Å². The van der Waals surface area contributed by atoms with Crippen molar-refractivity contribution < 1.29 is 19.0 Å². The number of benzene rings is 1. The van der Waals surface area contributed by atoms with E-state index in [-0.39, 0.29) is 5.76 Å². The monoisotopic (exact) mass is 276 g/mol. The summed E-state index contributed by atoms with van der Waals surface area (Å²) in [5.41, 5.74) is 2.00. The maximum Gasteiger partial charge on any atom is 0.373 e. The van der Waals surface area contributed by atoms with Crippen LogP contribution in [0, 0.1) is 0 Å². The molecule has 0 heterocycles. The highest BCUT2D eigenvalue weighted by Gasteiger charge is 2.09. The first-order valence-electron chi connectivity index (χ1n) is 6.33. The van der Waals surface area contributed by atoms with Crippen LogP contribution in [-0.4, -0.2) is 27.3 Å². The van der Waals surface area contributed by atoms with Crippen molar-refractivity contribution in [1.82, 2.24) is 0 Å². The maximum atomic E-state index is 11.5. The van der Waals surface area contributed by atoms with Gasteiger partial charge in [-0.3, -0.25) is 0 Å². The Balaban J connectivity index is 3.01. The molecule has 0 N–H and O–H groups in total. The third kappa shape index (κ3) is 4.46. The van der Waals surface area contributed by atoms with Gasteiger partial charge in [0.1, 0.15) is 5.75 Å². The molecule has 0 aromatic heterocycles. The van der Waals surface area contributed by atoms with Gasteiger partial charge in [-0.25, -0.2) is 4.79 Å². The minimum Gasteiger partial charge on any atom is -0.497 e. The summed E-state index contributed by atoms with van der Waals surface area (Å²) in [4.78, 5) is 11.5. The van der Waals surface area contributed by atoms with Crippen LogP contribution in [0.1, 0.15) is 18.9 Å². The summed E-state index contributed by atoms with van der Waals surface area (Å²) in [5, 5.41) is 0. The molecule has 0 fully saturated rings. The van der Waals surface area contributed by atoms with Crippen LogP contribution in [0.2, 0.25) is 0 Å². The number of carbonyl (C=O) groups is 1. The molecule has 0 aliphatic carbocycles. The summed E-state index contributed by atoms with van der Waals surface area (Å²) >= 11 is 0. The predicted molar refractivity (Wildman–Crippen MR) is 78.4 cm³/mol. The second kappa shape index (κ2) is 8.04. The topological polar surface area (TPSA) is 44.8 Å². The molecule has 0 amide bonds. The van der Waals surface area contributed by atoms with E-state index in [0.717, 1.165) is 23.3 Å². The Morgan fingerprint density at radius 2 is 1.75 bits per heavy atom. The van der Waals surface area contributed by atoms with E-state index in [4.69, 9.17) is 9.47 Å². The van der Waals surface area contributed by atoms with Crippen molar-refractivity contribution in [3.63, 3.8) is 0 Å². The number of carbonyl (C=O) groups excluding carboxylic acids is 1. The molecule has 0 saturated heterocycles. The summed E-state index contributed by atoms with van der Waals surface area (Å²) in [5.74, 6) is 0.513. The molecule has 0 radical (unpaired) electrons. The standard InChI is InChI=1S/C16H20O4/c1-5-12(11-15(19-3)16(17)20-4)10-13-6-8-14(18-2)9-7-13/h6-11H,5H2,1-4H3. The molecule has 0 unspecified atom stereocenters. The fourth-order valence-corrected chi connectivity index (χ4v) is 1.63. The highest BCUT2D eigenvalue weighted by Crippen LogP contribution is 2.17. The highest BCUT2D eigenvalue weighted by atomic mass is 16.6. The van der Waals surface area contributed by atoms with Gasteiger partial charge in [0.15, 0.2) is 0 Å². The third-order valence-electron chi connectivity index (χ3n) is 2.80. The molecule has 4 heteroatoms. The predicted octanol–water partition coefficient (Wildman–Crippen LogP) is 3.19. The van der Waals surface area contributed by atoms with Crippen molar-refractivity contribution >= 4 is 12.0 Å². The van der Waals surface area contributed by atoms with Crippen LogP contribution < -0.4 is 4.74 Å². The van der Waals surface area contributed by atoms with Gasteiger partial charge in [0, 0.05) is 0 Å². The SMILES string of the molecule is CCC(=Cc1ccc(OC)cc1)C=C(OC)C(=O)OC. The number of allylic oxidation sites excluding steroid dienone is 2. The second-order valence-electron chi connectivity index (χ2n) is 4.05. The lowest BCUT2D eigenvalue weighted by Crippen LogP contribution is -2.06. The molecular weight excluding hydrogens is 256 g/mol. The average molecular weight is 276 g/mol. The molecule has 0 saturated carbocycles. The molecule has 1 rings (SSSR count). The molecule has 108 valence electrons. The Bertz CT molecular complexity index is 498. The smallest absolute Gasteiger partial charge is 0.373 e. The lowest BCUT2D eigenvalue weighted by molar-refractivity contribution is -0.139. The van der Waals surface area contributed by atoms with Crippen LogP contribution in [0.3, 0.4) is 0 Å². The lowest BCUT2D eigenvalue weighted by atomic mass is 10.1. The number of rotatable bonds is 6. The third-order valence-corrected chi connectivity index (χ3v) is 2.80. The van der Waals surface area contributed by atoms with E-state index in [9.17, 15) is 4.79 Å². The average Bonchev–Trinajstić information content (AvgIpc) is 2.51. The zero-order valence-corrected chi connectivity index (χ0v) is 12.3. The number of methoxy groups -OCH3 is 3. The zero-order valence-electron chi connectivity index (χ0n) is 12.3. The Kier molecular flexibility index (Phi) is 6.37. The first-order chi connectivity index (χ1) is 9.64. The number of esters is 1. The lowest BCUT2D eigenvalue weighted by Gasteiger charge is -2.05. The summed E-state index contributed by atoms with van der Waals surface area (Å²) in [6, 6.07) is 7.68. The fourth-order valence-electron chi connectivity index (χ4n) is 1.63. The molecule has 20 heavy (non-hydrogen) atoms. The van der Waals surface area contributed by atoms with Crippen LogP contribution in [-0.2, 0) is 14.3 Å². The minimum atomic E-state index is -0.485. The van der Waals surface area contributed by atoms with Crippen molar-refractivity contribution in [3.05, 3.63) is 47.2 Å². The first kappa shape index (κ1) is 15.8. The molecular formula is C16H20O4. The van der Waals surface area contributed by atoms with Crippen molar-refractivity contribution in [2.45, 2.75) is 13.3 Å². The normalized spacial score (nSPS) is 12.0. The largest absolute Gasteiger partial charge is 0.497 e. The molecule has 0 bridgehead atoms. The van der Waals surface area contributed by atoms with E-state index in [1.165, 1.54) is 14.2 Å². The molecule has 0 aliphatic heterocycles. The molecule has 1 aromatic carbocycles. The van der Waals surface area contributed by atoms with E-state index < -0.39 is 5.97 Å². The van der Waals surface area contributed by atoms with Crippen molar-refractivity contribution in [1.29, 1.82) is 0 Å². The molecule has 4 nitrogen and oxygen atoms in total. The fraction of sp³-hybridized carbons (Fsp3) is 0.312. The minimum absolute atomic E-state index is 0.189. The number of hydrogen-bond donors (Lipinski definition) is 0. The summed E-state index contributed by atoms with van der Waals surface area (Å²) < 4.78 is 14.8. The van der Waals surface area contributed by atoms with Crippen LogP contribution in [0.25, 0.3) is 6.08 Å². The van der Waals surface area contributed by atoms with Crippen LogP contribution in [0.5, 0.6) is 5.75 Å². The quantitative estimate of drug-likeness (QED) is 0.346. The number of ether oxygens (including phenoxy) is 3. The Hall–Kier alpha value is -2.23. The first-order valence-corrected chi connectivity index (χ1v) is 6.33. The number of hydrogen-bond acceptors (Lipinski definition) is 4. The van der Waals surface area contributed by atoms with E-state index in [2.05, 4.69) is 4.74 Å². The van der Waals surface area contributed by atoms with E-state index >= 15 is 0 Å². The van der Waals surface area contributed by atoms with Gasteiger partial charge in [0.05, 0.1) is 21.3 Å². The molecule has 0 spiro atoms. The zero-order chi connectivity index (χ0) is 15.0. The highest BCUT2D eigenvalue weighted by molar-refractivity contribution is 5.87. The van der Waals surface area contributed by atoms with Gasteiger partial charge >= 0.3 is 5.97 Å². The van der Waals surface area contributed by atoms with Crippen molar-refractivity contribution in [2.24, 2.45) is 0 Å². The van der Waals surface area contributed by atoms with Gasteiger partial charge in [0.2, 0.25) is 5.76 Å². The van der Waals surface area contributed by atoms with Gasteiger partial charge in [-0.2, -0.15) is 0 Å². The molecule has 0 atom stereocenters. The summed E-state index contributed by atoms with van der Waals surface area (Å²) in [7, 11) is 4.41. The maximum absolute atomic E-state index is 11.5. The van der Waals surface area contributed by atoms with Gasteiger partial charge in [-0.1, -0.05) is 25.1 Å². The summed E-state index contributed by atoms with van der Waals surface area (Å²) in [6.07, 6.45) is 4.45. The van der Waals surface area contributed by atoms with E-state index in [1.807, 2.05) is 37.3 Å². The van der Waals surface area contributed by atoms with Gasteiger partial charge < -0.3 is 14.2 Å².